The molecule has 2 rings (SSSR count). The van der Waals surface area contributed by atoms with Crippen LogP contribution in [0.25, 0.3) is 0 Å². The van der Waals surface area contributed by atoms with Crippen molar-refractivity contribution >= 4 is 11.7 Å². The average Bonchev–Trinajstić information content (AvgIpc) is 2.50. The molecule has 1 aromatic rings. The van der Waals surface area contributed by atoms with Gasteiger partial charge >= 0.3 is 6.03 Å². The SMILES string of the molecule is N#CCCN(C(=O)Nc1ccccc1)C1CCCCC1. The second kappa shape index (κ2) is 7.54. The molecule has 2 amide bonds. The fourth-order valence-corrected chi connectivity index (χ4v) is 2.73. The molecule has 0 heterocycles. The molecule has 0 unspecified atom stereocenters. The van der Waals surface area contributed by atoms with Crippen LogP contribution in [-0.2, 0) is 0 Å². The van der Waals surface area contributed by atoms with Crippen molar-refractivity contribution in [1.29, 1.82) is 5.26 Å². The Hall–Kier alpha value is -2.02. The first kappa shape index (κ1) is 14.4. The highest BCUT2D eigenvalue weighted by Gasteiger charge is 2.25. The van der Waals surface area contributed by atoms with E-state index in [1.165, 1.54) is 19.3 Å². The molecule has 0 radical (unpaired) electrons. The quantitative estimate of drug-likeness (QED) is 0.906. The number of rotatable bonds is 4. The molecule has 0 saturated heterocycles. The average molecular weight is 271 g/mol. The van der Waals surface area contributed by atoms with Gasteiger partial charge in [-0.05, 0) is 25.0 Å². The smallest absolute Gasteiger partial charge is 0.321 e. The number of para-hydroxylation sites is 1. The minimum Gasteiger partial charge on any atom is -0.321 e. The molecular weight excluding hydrogens is 250 g/mol. The molecule has 1 saturated carbocycles. The zero-order chi connectivity index (χ0) is 14.2. The first-order valence-electron chi connectivity index (χ1n) is 7.31. The summed E-state index contributed by atoms with van der Waals surface area (Å²) in [5.41, 5.74) is 0.801. The van der Waals surface area contributed by atoms with E-state index < -0.39 is 0 Å². The number of anilines is 1. The summed E-state index contributed by atoms with van der Waals surface area (Å²) >= 11 is 0. The molecule has 1 fully saturated rings. The summed E-state index contributed by atoms with van der Waals surface area (Å²) < 4.78 is 0. The first-order chi connectivity index (χ1) is 9.81. The van der Waals surface area contributed by atoms with E-state index in [4.69, 9.17) is 5.26 Å². The van der Waals surface area contributed by atoms with Gasteiger partial charge in [0.1, 0.15) is 0 Å². The number of carbonyl (C=O) groups excluding carboxylic acids is 1. The Labute approximate surface area is 120 Å². The van der Waals surface area contributed by atoms with Crippen LogP contribution in [0, 0.1) is 11.3 Å². The van der Waals surface area contributed by atoms with Crippen molar-refractivity contribution in [3.63, 3.8) is 0 Å². The fourth-order valence-electron chi connectivity index (χ4n) is 2.73. The van der Waals surface area contributed by atoms with Gasteiger partial charge < -0.3 is 10.2 Å². The summed E-state index contributed by atoms with van der Waals surface area (Å²) in [6, 6.07) is 11.8. The second-order valence-electron chi connectivity index (χ2n) is 5.19. The zero-order valence-corrected chi connectivity index (χ0v) is 11.7. The standard InChI is InChI=1S/C16H21N3O/c17-12-7-13-19(15-10-5-2-6-11-15)16(20)18-14-8-3-1-4-9-14/h1,3-4,8-9,15H,2,5-7,10-11,13H2,(H,18,20). The number of nitrogens with one attached hydrogen (secondary N) is 1. The van der Waals surface area contributed by atoms with E-state index in [0.29, 0.717) is 13.0 Å². The van der Waals surface area contributed by atoms with E-state index in [2.05, 4.69) is 11.4 Å². The lowest BCUT2D eigenvalue weighted by Crippen LogP contribution is -2.44. The Kier molecular flexibility index (Phi) is 5.43. The summed E-state index contributed by atoms with van der Waals surface area (Å²) in [4.78, 5) is 14.3. The summed E-state index contributed by atoms with van der Waals surface area (Å²) in [5.74, 6) is 0. The van der Waals surface area contributed by atoms with E-state index in [-0.39, 0.29) is 12.1 Å². The molecule has 0 spiro atoms. The molecule has 4 nitrogen and oxygen atoms in total. The molecule has 0 aliphatic heterocycles. The van der Waals surface area contributed by atoms with Crippen LogP contribution in [0.3, 0.4) is 0 Å². The normalized spacial score (nSPS) is 15.3. The predicted octanol–water partition coefficient (Wildman–Crippen LogP) is 3.77. The van der Waals surface area contributed by atoms with Gasteiger partial charge in [-0.3, -0.25) is 0 Å². The molecule has 0 aromatic heterocycles. The molecule has 1 N–H and O–H groups in total. The van der Waals surface area contributed by atoms with Crippen LogP contribution in [0.2, 0.25) is 0 Å². The van der Waals surface area contributed by atoms with Gasteiger partial charge in [0, 0.05) is 18.3 Å². The molecule has 0 bridgehead atoms. The van der Waals surface area contributed by atoms with Gasteiger partial charge in [0.25, 0.3) is 0 Å². The molecule has 0 atom stereocenters. The van der Waals surface area contributed by atoms with E-state index >= 15 is 0 Å². The molecular formula is C16H21N3O. The maximum atomic E-state index is 12.4. The van der Waals surface area contributed by atoms with Crippen LogP contribution in [-0.4, -0.2) is 23.5 Å². The van der Waals surface area contributed by atoms with Gasteiger partial charge in [0.15, 0.2) is 0 Å². The number of hydrogen-bond donors (Lipinski definition) is 1. The van der Waals surface area contributed by atoms with Crippen molar-refractivity contribution in [1.82, 2.24) is 4.90 Å². The monoisotopic (exact) mass is 271 g/mol. The predicted molar refractivity (Wildman–Crippen MR) is 79.3 cm³/mol. The lowest BCUT2D eigenvalue weighted by atomic mass is 9.94. The van der Waals surface area contributed by atoms with Crippen LogP contribution >= 0.6 is 0 Å². The number of nitriles is 1. The summed E-state index contributed by atoms with van der Waals surface area (Å²) in [6.07, 6.45) is 6.08. The largest absolute Gasteiger partial charge is 0.322 e. The van der Waals surface area contributed by atoms with E-state index in [0.717, 1.165) is 18.5 Å². The van der Waals surface area contributed by atoms with Crippen molar-refractivity contribution in [2.24, 2.45) is 0 Å². The van der Waals surface area contributed by atoms with Gasteiger partial charge in [-0.2, -0.15) is 5.26 Å². The molecule has 1 aliphatic rings. The third-order valence-corrected chi connectivity index (χ3v) is 3.77. The highest BCUT2D eigenvalue weighted by molar-refractivity contribution is 5.89. The van der Waals surface area contributed by atoms with Crippen LogP contribution in [0.15, 0.2) is 30.3 Å². The van der Waals surface area contributed by atoms with Crippen LogP contribution in [0.1, 0.15) is 38.5 Å². The first-order valence-corrected chi connectivity index (χ1v) is 7.31. The van der Waals surface area contributed by atoms with Crippen molar-refractivity contribution in [3.8, 4) is 6.07 Å². The van der Waals surface area contributed by atoms with Gasteiger partial charge in [-0.1, -0.05) is 37.5 Å². The molecule has 1 aromatic carbocycles. The van der Waals surface area contributed by atoms with Crippen LogP contribution < -0.4 is 5.32 Å². The number of carbonyl (C=O) groups is 1. The van der Waals surface area contributed by atoms with E-state index in [1.54, 1.807) is 0 Å². The van der Waals surface area contributed by atoms with E-state index in [1.807, 2.05) is 35.2 Å². The number of hydrogen-bond acceptors (Lipinski definition) is 2. The minimum absolute atomic E-state index is 0.0849. The number of nitrogens with zero attached hydrogens (tertiary/aromatic N) is 2. The van der Waals surface area contributed by atoms with Crippen molar-refractivity contribution in [2.75, 3.05) is 11.9 Å². The Bertz CT molecular complexity index is 460. The highest BCUT2D eigenvalue weighted by Crippen LogP contribution is 2.23. The Morgan fingerprint density at radius 2 is 1.95 bits per heavy atom. The van der Waals surface area contributed by atoms with Crippen molar-refractivity contribution < 1.29 is 4.79 Å². The number of benzene rings is 1. The maximum absolute atomic E-state index is 12.4. The molecule has 20 heavy (non-hydrogen) atoms. The fraction of sp³-hybridized carbons (Fsp3) is 0.500. The van der Waals surface area contributed by atoms with Crippen LogP contribution in [0.5, 0.6) is 0 Å². The second-order valence-corrected chi connectivity index (χ2v) is 5.19. The molecule has 106 valence electrons. The van der Waals surface area contributed by atoms with Crippen molar-refractivity contribution in [2.45, 2.75) is 44.6 Å². The highest BCUT2D eigenvalue weighted by atomic mass is 16.2. The van der Waals surface area contributed by atoms with Crippen molar-refractivity contribution in [3.05, 3.63) is 30.3 Å². The summed E-state index contributed by atoms with van der Waals surface area (Å²) in [6.45, 7) is 0.514. The lowest BCUT2D eigenvalue weighted by molar-refractivity contribution is 0.169. The van der Waals surface area contributed by atoms with Gasteiger partial charge in [-0.15, -0.1) is 0 Å². The minimum atomic E-state index is -0.0849. The Morgan fingerprint density at radius 1 is 1.25 bits per heavy atom. The van der Waals surface area contributed by atoms with Gasteiger partial charge in [-0.25, -0.2) is 4.79 Å². The maximum Gasteiger partial charge on any atom is 0.322 e. The van der Waals surface area contributed by atoms with E-state index in [9.17, 15) is 4.79 Å². The summed E-state index contributed by atoms with van der Waals surface area (Å²) in [5, 5.41) is 11.7. The Balaban J connectivity index is 2.01. The number of urea groups is 1. The Morgan fingerprint density at radius 3 is 2.60 bits per heavy atom. The van der Waals surface area contributed by atoms with Gasteiger partial charge in [0.2, 0.25) is 0 Å². The molecule has 1 aliphatic carbocycles. The van der Waals surface area contributed by atoms with Crippen LogP contribution in [0.4, 0.5) is 10.5 Å². The topological polar surface area (TPSA) is 56.1 Å². The van der Waals surface area contributed by atoms with Gasteiger partial charge in [0.05, 0.1) is 12.5 Å². The molecule has 4 heteroatoms. The zero-order valence-electron chi connectivity index (χ0n) is 11.7. The third-order valence-electron chi connectivity index (χ3n) is 3.77. The number of amides is 2. The third kappa shape index (κ3) is 3.99. The lowest BCUT2D eigenvalue weighted by Gasteiger charge is -2.34. The summed E-state index contributed by atoms with van der Waals surface area (Å²) in [7, 11) is 0.